The van der Waals surface area contributed by atoms with Crippen LogP contribution < -0.4 is 10.5 Å². The molecular weight excluding hydrogens is 228 g/mol. The van der Waals surface area contributed by atoms with Crippen LogP contribution in [0.5, 0.6) is 5.75 Å². The number of nitrogen functional groups attached to an aromatic ring is 1. The number of methoxy groups -OCH3 is 1. The van der Waals surface area contributed by atoms with Crippen LogP contribution in [-0.4, -0.2) is 22.1 Å². The van der Waals surface area contributed by atoms with Gasteiger partial charge in [-0.1, -0.05) is 6.07 Å². The van der Waals surface area contributed by atoms with Gasteiger partial charge in [-0.2, -0.15) is 0 Å². The van der Waals surface area contributed by atoms with E-state index in [4.69, 9.17) is 10.5 Å². The Hall–Kier alpha value is -2.56. The smallest absolute Gasteiger partial charge is 0.148 e. The van der Waals surface area contributed by atoms with Crippen molar-refractivity contribution >= 4 is 16.7 Å². The minimum atomic E-state index is 0.656. The predicted molar refractivity (Wildman–Crippen MR) is 70.3 cm³/mol. The number of pyridine rings is 1. The molecule has 1 aromatic carbocycles. The number of nitrogens with two attached hydrogens (primary N) is 1. The SMILES string of the molecule is COc1cnccc1-c1nc2c(N)cccc2[nH]1. The number of imidazole rings is 1. The molecule has 3 N–H and O–H groups in total. The van der Waals surface area contributed by atoms with Crippen LogP contribution in [0.4, 0.5) is 5.69 Å². The van der Waals surface area contributed by atoms with E-state index in [2.05, 4.69) is 15.0 Å². The van der Waals surface area contributed by atoms with Crippen molar-refractivity contribution in [3.05, 3.63) is 36.7 Å². The monoisotopic (exact) mass is 240 g/mol. The number of anilines is 1. The first-order chi connectivity index (χ1) is 8.79. The molecule has 0 radical (unpaired) electrons. The number of H-pyrrole nitrogens is 1. The number of ether oxygens (including phenoxy) is 1. The largest absolute Gasteiger partial charge is 0.494 e. The van der Waals surface area contributed by atoms with Gasteiger partial charge in [0.2, 0.25) is 0 Å². The summed E-state index contributed by atoms with van der Waals surface area (Å²) in [6, 6.07) is 7.52. The van der Waals surface area contributed by atoms with Crippen molar-refractivity contribution in [3.8, 4) is 17.1 Å². The van der Waals surface area contributed by atoms with Gasteiger partial charge < -0.3 is 15.5 Å². The molecule has 0 atom stereocenters. The second kappa shape index (κ2) is 4.03. The number of fused-ring (bicyclic) bond motifs is 1. The maximum absolute atomic E-state index is 5.89. The normalized spacial score (nSPS) is 10.7. The molecule has 0 amide bonds. The molecule has 2 heterocycles. The highest BCUT2D eigenvalue weighted by Crippen LogP contribution is 2.29. The number of nitrogens with zero attached hydrogens (tertiary/aromatic N) is 2. The van der Waals surface area contributed by atoms with E-state index in [1.165, 1.54) is 0 Å². The zero-order chi connectivity index (χ0) is 12.5. The van der Waals surface area contributed by atoms with Crippen molar-refractivity contribution in [2.75, 3.05) is 12.8 Å². The fourth-order valence-electron chi connectivity index (χ4n) is 1.92. The van der Waals surface area contributed by atoms with E-state index in [9.17, 15) is 0 Å². The van der Waals surface area contributed by atoms with Gasteiger partial charge in [0.15, 0.2) is 0 Å². The Bertz CT molecular complexity index is 705. The first-order valence-corrected chi connectivity index (χ1v) is 5.52. The Kier molecular flexibility index (Phi) is 2.37. The van der Waals surface area contributed by atoms with E-state index in [1.807, 2.05) is 24.3 Å². The average Bonchev–Trinajstić information content (AvgIpc) is 2.84. The molecule has 18 heavy (non-hydrogen) atoms. The molecule has 0 aliphatic rings. The molecule has 2 aromatic heterocycles. The van der Waals surface area contributed by atoms with Gasteiger partial charge in [0.05, 0.1) is 30.1 Å². The lowest BCUT2D eigenvalue weighted by Crippen LogP contribution is -1.90. The molecule has 0 saturated carbocycles. The van der Waals surface area contributed by atoms with Gasteiger partial charge in [-0.05, 0) is 18.2 Å². The van der Waals surface area contributed by atoms with Gasteiger partial charge in [-0.3, -0.25) is 4.98 Å². The van der Waals surface area contributed by atoms with Crippen LogP contribution in [0, 0.1) is 0 Å². The van der Waals surface area contributed by atoms with Crippen molar-refractivity contribution in [1.29, 1.82) is 0 Å². The van der Waals surface area contributed by atoms with Crippen LogP contribution in [0.25, 0.3) is 22.4 Å². The number of hydrogen-bond acceptors (Lipinski definition) is 4. The standard InChI is InChI=1S/C13H12N4O/c1-18-11-7-15-6-5-8(11)13-16-10-4-2-3-9(14)12(10)17-13/h2-7H,14H2,1H3,(H,16,17). The summed E-state index contributed by atoms with van der Waals surface area (Å²) in [6.07, 6.45) is 3.36. The second-order valence-corrected chi connectivity index (χ2v) is 3.90. The zero-order valence-electron chi connectivity index (χ0n) is 9.84. The highest BCUT2D eigenvalue weighted by molar-refractivity contribution is 5.89. The number of nitrogens with one attached hydrogen (secondary N) is 1. The Morgan fingerprint density at radius 1 is 1.28 bits per heavy atom. The Labute approximate surface area is 104 Å². The first-order valence-electron chi connectivity index (χ1n) is 5.52. The van der Waals surface area contributed by atoms with Gasteiger partial charge in [-0.15, -0.1) is 0 Å². The van der Waals surface area contributed by atoms with Crippen LogP contribution >= 0.6 is 0 Å². The van der Waals surface area contributed by atoms with Crippen molar-refractivity contribution in [2.24, 2.45) is 0 Å². The molecule has 0 aliphatic carbocycles. The van der Waals surface area contributed by atoms with E-state index < -0.39 is 0 Å². The Balaban J connectivity index is 2.23. The molecule has 0 unspecified atom stereocenters. The van der Waals surface area contributed by atoms with Crippen LogP contribution in [0.2, 0.25) is 0 Å². The lowest BCUT2D eigenvalue weighted by molar-refractivity contribution is 0.414. The second-order valence-electron chi connectivity index (χ2n) is 3.90. The number of rotatable bonds is 2. The van der Waals surface area contributed by atoms with Gasteiger partial charge in [0.1, 0.15) is 17.1 Å². The number of aromatic nitrogens is 3. The van der Waals surface area contributed by atoms with E-state index in [0.717, 1.165) is 22.4 Å². The minimum absolute atomic E-state index is 0.656. The first kappa shape index (κ1) is 10.6. The fourth-order valence-corrected chi connectivity index (χ4v) is 1.92. The summed E-state index contributed by atoms with van der Waals surface area (Å²) in [4.78, 5) is 11.8. The third-order valence-electron chi connectivity index (χ3n) is 2.80. The predicted octanol–water partition coefficient (Wildman–Crippen LogP) is 2.22. The maximum Gasteiger partial charge on any atom is 0.148 e. The van der Waals surface area contributed by atoms with Gasteiger partial charge in [0.25, 0.3) is 0 Å². The maximum atomic E-state index is 5.89. The van der Waals surface area contributed by atoms with E-state index >= 15 is 0 Å². The van der Waals surface area contributed by atoms with E-state index in [0.29, 0.717) is 11.4 Å². The molecular formula is C13H12N4O. The van der Waals surface area contributed by atoms with Gasteiger partial charge >= 0.3 is 0 Å². The summed E-state index contributed by atoms with van der Waals surface area (Å²) in [6.45, 7) is 0. The van der Waals surface area contributed by atoms with Crippen molar-refractivity contribution < 1.29 is 4.74 Å². The lowest BCUT2D eigenvalue weighted by atomic mass is 10.2. The van der Waals surface area contributed by atoms with Crippen LogP contribution in [0.15, 0.2) is 36.7 Å². The summed E-state index contributed by atoms with van der Waals surface area (Å²) >= 11 is 0. The van der Waals surface area contributed by atoms with Crippen molar-refractivity contribution in [1.82, 2.24) is 15.0 Å². The molecule has 90 valence electrons. The molecule has 5 nitrogen and oxygen atoms in total. The lowest BCUT2D eigenvalue weighted by Gasteiger charge is -2.03. The Morgan fingerprint density at radius 3 is 2.94 bits per heavy atom. The highest BCUT2D eigenvalue weighted by atomic mass is 16.5. The summed E-state index contributed by atoms with van der Waals surface area (Å²) in [5, 5.41) is 0. The number of aromatic amines is 1. The van der Waals surface area contributed by atoms with Crippen molar-refractivity contribution in [2.45, 2.75) is 0 Å². The van der Waals surface area contributed by atoms with Gasteiger partial charge in [-0.25, -0.2) is 4.98 Å². The molecule has 0 spiro atoms. The molecule has 5 heteroatoms. The van der Waals surface area contributed by atoms with E-state index in [-0.39, 0.29) is 0 Å². The minimum Gasteiger partial charge on any atom is -0.494 e. The number of benzene rings is 1. The summed E-state index contributed by atoms with van der Waals surface area (Å²) < 4.78 is 5.27. The van der Waals surface area contributed by atoms with Crippen molar-refractivity contribution in [3.63, 3.8) is 0 Å². The molecule has 0 fully saturated rings. The molecule has 3 rings (SSSR count). The van der Waals surface area contributed by atoms with E-state index in [1.54, 1.807) is 19.5 Å². The highest BCUT2D eigenvalue weighted by Gasteiger charge is 2.11. The Morgan fingerprint density at radius 2 is 2.17 bits per heavy atom. The summed E-state index contributed by atoms with van der Waals surface area (Å²) in [5.74, 6) is 1.40. The third-order valence-corrected chi connectivity index (χ3v) is 2.80. The van der Waals surface area contributed by atoms with Gasteiger partial charge in [0, 0.05) is 6.20 Å². The quantitative estimate of drug-likeness (QED) is 0.673. The number of hydrogen-bond donors (Lipinski definition) is 2. The number of para-hydroxylation sites is 1. The molecule has 3 aromatic rings. The zero-order valence-corrected chi connectivity index (χ0v) is 9.84. The van der Waals surface area contributed by atoms with Crippen LogP contribution in [0.3, 0.4) is 0 Å². The molecule has 0 bridgehead atoms. The van der Waals surface area contributed by atoms with Crippen LogP contribution in [0.1, 0.15) is 0 Å². The van der Waals surface area contributed by atoms with Crippen LogP contribution in [-0.2, 0) is 0 Å². The molecule has 0 aliphatic heterocycles. The summed E-state index contributed by atoms with van der Waals surface area (Å²) in [5.41, 5.74) is 9.09. The fraction of sp³-hybridized carbons (Fsp3) is 0.0769. The summed E-state index contributed by atoms with van der Waals surface area (Å²) in [7, 11) is 1.61. The molecule has 0 saturated heterocycles. The third kappa shape index (κ3) is 1.57. The topological polar surface area (TPSA) is 76.8 Å². The average molecular weight is 240 g/mol.